The number of carbonyl (C=O) groups is 1. The Hall–Kier alpha value is -2.12. The monoisotopic (exact) mass is 266 g/mol. The van der Waals surface area contributed by atoms with E-state index in [9.17, 15) is 14.7 Å². The predicted molar refractivity (Wildman–Crippen MR) is 66.4 cm³/mol. The van der Waals surface area contributed by atoms with E-state index in [1.165, 1.54) is 13.2 Å². The molecule has 1 aromatic carbocycles. The zero-order valence-electron chi connectivity index (χ0n) is 10.3. The number of hydrogen-bond acceptors (Lipinski definition) is 6. The molecule has 1 aromatic heterocycles. The molecule has 7 heteroatoms. The van der Waals surface area contributed by atoms with Gasteiger partial charge in [0, 0.05) is 6.04 Å². The van der Waals surface area contributed by atoms with E-state index in [1.54, 1.807) is 12.1 Å². The number of H-pyrrole nitrogens is 1. The molecule has 2 unspecified atom stereocenters. The molecule has 19 heavy (non-hydrogen) atoms. The molecule has 0 bridgehead atoms. The maximum absolute atomic E-state index is 11.1. The van der Waals surface area contributed by atoms with E-state index in [4.69, 9.17) is 10.2 Å². The second-order valence-electron chi connectivity index (χ2n) is 4.16. The van der Waals surface area contributed by atoms with Crippen LogP contribution in [-0.2, 0) is 9.53 Å². The lowest BCUT2D eigenvalue weighted by Crippen LogP contribution is -2.31. The van der Waals surface area contributed by atoms with E-state index < -0.39 is 23.9 Å². The molecule has 2 rings (SSSR count). The Morgan fingerprint density at radius 1 is 1.58 bits per heavy atom. The van der Waals surface area contributed by atoms with Gasteiger partial charge in [0.15, 0.2) is 5.58 Å². The summed E-state index contributed by atoms with van der Waals surface area (Å²) in [5.74, 6) is -1.07. The minimum atomic E-state index is -1.05. The number of ether oxygens (including phenoxy) is 1. The van der Waals surface area contributed by atoms with Gasteiger partial charge in [0.05, 0.1) is 25.2 Å². The van der Waals surface area contributed by atoms with E-state index in [0.717, 1.165) is 0 Å². The standard InChI is InChI=1S/C12H14N2O5/c1-18-10(15)5-7(13)11(16)6-2-3-8-9(4-6)19-12(17)14-8/h2-4,7,11,16H,5,13H2,1H3,(H,14,17). The number of nitrogens with two attached hydrogens (primary N) is 1. The minimum Gasteiger partial charge on any atom is -0.469 e. The van der Waals surface area contributed by atoms with Gasteiger partial charge in [0.25, 0.3) is 0 Å². The number of oxazole rings is 1. The Balaban J connectivity index is 2.22. The average molecular weight is 266 g/mol. The van der Waals surface area contributed by atoms with E-state index in [0.29, 0.717) is 16.7 Å². The van der Waals surface area contributed by atoms with Crippen molar-refractivity contribution in [1.82, 2.24) is 4.98 Å². The summed E-state index contributed by atoms with van der Waals surface area (Å²) in [5, 5.41) is 10.0. The smallest absolute Gasteiger partial charge is 0.417 e. The third kappa shape index (κ3) is 2.83. The fourth-order valence-corrected chi connectivity index (χ4v) is 1.78. The van der Waals surface area contributed by atoms with Gasteiger partial charge in [-0.25, -0.2) is 4.79 Å². The summed E-state index contributed by atoms with van der Waals surface area (Å²) in [6, 6.07) is 3.92. The molecule has 0 spiro atoms. The SMILES string of the molecule is COC(=O)CC(N)C(O)c1ccc2[nH]c(=O)oc2c1. The summed E-state index contributed by atoms with van der Waals surface area (Å²) < 4.78 is 9.37. The largest absolute Gasteiger partial charge is 0.469 e. The Labute approximate surface area is 108 Å². The van der Waals surface area contributed by atoms with Crippen LogP contribution in [0.3, 0.4) is 0 Å². The number of aliphatic hydroxyl groups is 1. The van der Waals surface area contributed by atoms with Crippen LogP contribution in [0.4, 0.5) is 0 Å². The Morgan fingerprint density at radius 3 is 3.00 bits per heavy atom. The van der Waals surface area contributed by atoms with Crippen LogP contribution in [0.15, 0.2) is 27.4 Å². The number of methoxy groups -OCH3 is 1. The number of benzene rings is 1. The highest BCUT2D eigenvalue weighted by Crippen LogP contribution is 2.21. The van der Waals surface area contributed by atoms with Crippen molar-refractivity contribution in [3.05, 3.63) is 34.3 Å². The zero-order chi connectivity index (χ0) is 14.0. The Kier molecular flexibility index (Phi) is 3.68. The minimum absolute atomic E-state index is 0.104. The second kappa shape index (κ2) is 5.25. The first-order valence-corrected chi connectivity index (χ1v) is 5.64. The van der Waals surface area contributed by atoms with E-state index in [1.807, 2.05) is 0 Å². The van der Waals surface area contributed by atoms with Crippen molar-refractivity contribution in [2.24, 2.45) is 5.73 Å². The van der Waals surface area contributed by atoms with Crippen molar-refractivity contribution in [3.8, 4) is 0 Å². The highest BCUT2D eigenvalue weighted by atomic mass is 16.5. The number of rotatable bonds is 4. The summed E-state index contributed by atoms with van der Waals surface area (Å²) in [4.78, 5) is 24.6. The number of aromatic nitrogens is 1. The van der Waals surface area contributed by atoms with E-state index >= 15 is 0 Å². The maximum Gasteiger partial charge on any atom is 0.417 e. The van der Waals surface area contributed by atoms with Gasteiger partial charge in [-0.15, -0.1) is 0 Å². The highest BCUT2D eigenvalue weighted by molar-refractivity contribution is 5.73. The number of aromatic amines is 1. The quantitative estimate of drug-likeness (QED) is 0.672. The summed E-state index contributed by atoms with van der Waals surface area (Å²) in [5.41, 5.74) is 7.04. The summed E-state index contributed by atoms with van der Waals surface area (Å²) in [6.45, 7) is 0. The van der Waals surface area contributed by atoms with Crippen molar-refractivity contribution < 1.29 is 19.1 Å². The lowest BCUT2D eigenvalue weighted by atomic mass is 10.0. The molecule has 102 valence electrons. The first-order chi connectivity index (χ1) is 9.01. The molecule has 1 heterocycles. The fourth-order valence-electron chi connectivity index (χ4n) is 1.78. The number of esters is 1. The van der Waals surface area contributed by atoms with Crippen molar-refractivity contribution in [2.75, 3.05) is 7.11 Å². The van der Waals surface area contributed by atoms with Crippen LogP contribution in [-0.4, -0.2) is 29.2 Å². The van der Waals surface area contributed by atoms with Gasteiger partial charge in [-0.3, -0.25) is 9.78 Å². The van der Waals surface area contributed by atoms with Crippen molar-refractivity contribution >= 4 is 17.1 Å². The number of nitrogens with one attached hydrogen (secondary N) is 1. The third-order valence-corrected chi connectivity index (χ3v) is 2.82. The normalized spacial score (nSPS) is 14.3. The van der Waals surface area contributed by atoms with Crippen LogP contribution in [0.5, 0.6) is 0 Å². The molecule has 0 aliphatic heterocycles. The summed E-state index contributed by atoms with van der Waals surface area (Å²) in [7, 11) is 1.25. The van der Waals surface area contributed by atoms with Gasteiger partial charge in [-0.1, -0.05) is 6.07 Å². The molecule has 7 nitrogen and oxygen atoms in total. The molecule has 2 atom stereocenters. The molecular formula is C12H14N2O5. The third-order valence-electron chi connectivity index (χ3n) is 2.82. The van der Waals surface area contributed by atoms with E-state index in [-0.39, 0.29) is 6.42 Å². The number of aliphatic hydroxyl groups excluding tert-OH is 1. The van der Waals surface area contributed by atoms with Gasteiger partial charge in [0.1, 0.15) is 0 Å². The maximum atomic E-state index is 11.1. The fraction of sp³-hybridized carbons (Fsp3) is 0.333. The van der Waals surface area contributed by atoms with Crippen LogP contribution in [0, 0.1) is 0 Å². The zero-order valence-corrected chi connectivity index (χ0v) is 10.3. The van der Waals surface area contributed by atoms with Crippen LogP contribution in [0.1, 0.15) is 18.1 Å². The Bertz CT molecular complexity index is 645. The van der Waals surface area contributed by atoms with Crippen LogP contribution >= 0.6 is 0 Å². The first kappa shape index (κ1) is 13.3. The predicted octanol–water partition coefficient (Wildman–Crippen LogP) is 0.0449. The lowest BCUT2D eigenvalue weighted by Gasteiger charge is -2.17. The molecule has 0 aliphatic rings. The number of fused-ring (bicyclic) bond motifs is 1. The number of carbonyl (C=O) groups excluding carboxylic acids is 1. The molecule has 0 amide bonds. The topological polar surface area (TPSA) is 119 Å². The van der Waals surface area contributed by atoms with Gasteiger partial charge >= 0.3 is 11.7 Å². The molecule has 0 radical (unpaired) electrons. The Morgan fingerprint density at radius 2 is 2.32 bits per heavy atom. The average Bonchev–Trinajstić information content (AvgIpc) is 2.76. The van der Waals surface area contributed by atoms with E-state index in [2.05, 4.69) is 9.72 Å². The van der Waals surface area contributed by atoms with Gasteiger partial charge in [-0.2, -0.15) is 0 Å². The molecule has 0 aliphatic carbocycles. The molecular weight excluding hydrogens is 252 g/mol. The van der Waals surface area contributed by atoms with Gasteiger partial charge in [0.2, 0.25) is 0 Å². The molecule has 0 saturated heterocycles. The summed E-state index contributed by atoms with van der Waals surface area (Å²) in [6.07, 6.45) is -1.16. The first-order valence-electron chi connectivity index (χ1n) is 5.64. The van der Waals surface area contributed by atoms with Crippen LogP contribution in [0.2, 0.25) is 0 Å². The van der Waals surface area contributed by atoms with Gasteiger partial charge in [-0.05, 0) is 17.7 Å². The van der Waals surface area contributed by atoms with Crippen molar-refractivity contribution in [2.45, 2.75) is 18.6 Å². The number of hydrogen-bond donors (Lipinski definition) is 3. The summed E-state index contributed by atoms with van der Waals surface area (Å²) >= 11 is 0. The second-order valence-corrected chi connectivity index (χ2v) is 4.16. The molecule has 2 aromatic rings. The van der Waals surface area contributed by atoms with Gasteiger partial charge < -0.3 is 20.0 Å². The molecule has 0 saturated carbocycles. The highest BCUT2D eigenvalue weighted by Gasteiger charge is 2.21. The molecule has 0 fully saturated rings. The van der Waals surface area contributed by atoms with Crippen molar-refractivity contribution in [1.29, 1.82) is 0 Å². The van der Waals surface area contributed by atoms with Crippen molar-refractivity contribution in [3.63, 3.8) is 0 Å². The lowest BCUT2D eigenvalue weighted by molar-refractivity contribution is -0.141. The van der Waals surface area contributed by atoms with Crippen LogP contribution < -0.4 is 11.5 Å². The molecule has 4 N–H and O–H groups in total. The van der Waals surface area contributed by atoms with Crippen LogP contribution in [0.25, 0.3) is 11.1 Å².